The van der Waals surface area contributed by atoms with Gasteiger partial charge in [-0.3, -0.25) is 0 Å². The number of fused-ring (bicyclic) bond motifs is 6. The number of ether oxygens (including phenoxy) is 2. The van der Waals surface area contributed by atoms with Crippen molar-refractivity contribution in [2.24, 2.45) is 15.4 Å². The van der Waals surface area contributed by atoms with Crippen molar-refractivity contribution in [1.29, 1.82) is 0 Å². The van der Waals surface area contributed by atoms with Crippen molar-refractivity contribution in [3.63, 3.8) is 0 Å². The number of aliphatic imine (C=N–C) groups is 2. The predicted molar refractivity (Wildman–Crippen MR) is 108 cm³/mol. The quantitative estimate of drug-likeness (QED) is 0.399. The van der Waals surface area contributed by atoms with Crippen LogP contribution in [0.1, 0.15) is 47.2 Å². The zero-order valence-corrected chi connectivity index (χ0v) is 21.0. The molecule has 2 aromatic carbocycles. The molecule has 0 saturated heterocycles. The summed E-state index contributed by atoms with van der Waals surface area (Å²) in [6.45, 7) is 0. The predicted octanol–water partition coefficient (Wildman–Crippen LogP) is -2.42. The summed E-state index contributed by atoms with van der Waals surface area (Å²) in [4.78, 5) is 10.1. The van der Waals surface area contributed by atoms with Crippen LogP contribution in [0.15, 0.2) is 58.5 Å². The molecule has 4 atom stereocenters. The van der Waals surface area contributed by atoms with Crippen molar-refractivity contribution in [3.8, 4) is 0 Å². The van der Waals surface area contributed by atoms with Gasteiger partial charge in [-0.2, -0.15) is 0 Å². The molecule has 5 aliphatic rings. The summed E-state index contributed by atoms with van der Waals surface area (Å²) >= 11 is 0. The van der Waals surface area contributed by atoms with Crippen LogP contribution >= 0.6 is 0 Å². The molecule has 0 unspecified atom stereocenters. The van der Waals surface area contributed by atoms with Gasteiger partial charge in [0.2, 0.25) is 0 Å². The van der Waals surface area contributed by atoms with E-state index in [-0.39, 0.29) is 86.7 Å². The molecule has 0 N–H and O–H groups in total. The Morgan fingerprint density at radius 1 is 0.700 bits per heavy atom. The minimum Gasteiger partial charge on any atom is -1.00 e. The molecule has 0 radical (unpaired) electrons. The van der Waals surface area contributed by atoms with E-state index in [4.69, 9.17) is 19.5 Å². The fourth-order valence-corrected chi connectivity index (χ4v) is 5.31. The van der Waals surface area contributed by atoms with Crippen LogP contribution < -0.4 is 34.0 Å². The smallest absolute Gasteiger partial charge is 1.00 e. The Bertz CT molecular complexity index is 974. The maximum Gasteiger partial charge on any atom is 2.00 e. The van der Waals surface area contributed by atoms with Crippen molar-refractivity contribution >= 4 is 34.8 Å². The van der Waals surface area contributed by atoms with Crippen LogP contribution in [0.2, 0.25) is 0 Å². The molecule has 2 heterocycles. The van der Waals surface area contributed by atoms with Crippen LogP contribution in [0.4, 0.5) is 0 Å². The molecule has 7 heteroatoms. The van der Waals surface area contributed by atoms with E-state index in [0.717, 1.165) is 37.5 Å². The largest absolute Gasteiger partial charge is 2.00 e. The second kappa shape index (κ2) is 7.91. The van der Waals surface area contributed by atoms with Crippen LogP contribution in [0, 0.1) is 5.41 Å². The van der Waals surface area contributed by atoms with Crippen molar-refractivity contribution in [3.05, 3.63) is 70.8 Å². The summed E-state index contributed by atoms with van der Waals surface area (Å²) in [5.74, 6) is 1.75. The molecule has 4 nitrogen and oxygen atoms in total. The first-order chi connectivity index (χ1) is 13.3. The molecule has 1 saturated carbocycles. The first-order valence-electron chi connectivity index (χ1n) is 9.97. The van der Waals surface area contributed by atoms with Crippen molar-refractivity contribution in [2.45, 2.75) is 50.0 Å². The average Bonchev–Trinajstić information content (AvgIpc) is 2.99. The van der Waals surface area contributed by atoms with Crippen LogP contribution in [-0.4, -0.2) is 47.1 Å². The van der Waals surface area contributed by atoms with Crippen LogP contribution in [0.25, 0.3) is 0 Å². The Morgan fingerprint density at radius 3 is 1.57 bits per heavy atom. The van der Waals surface area contributed by atoms with E-state index in [0.29, 0.717) is 0 Å². The fraction of sp³-hybridized carbons (Fsp3) is 0.391. The molecule has 0 amide bonds. The fourth-order valence-electron chi connectivity index (χ4n) is 5.31. The summed E-state index contributed by atoms with van der Waals surface area (Å²) in [7, 11) is 0. The molecule has 7 rings (SSSR count). The molecular weight excluding hydrogens is 520 g/mol. The van der Waals surface area contributed by atoms with Crippen molar-refractivity contribution in [1.82, 2.24) is 0 Å². The molecule has 0 bridgehead atoms. The van der Waals surface area contributed by atoms with Crippen LogP contribution in [0.5, 0.6) is 0 Å². The number of rotatable bonds is 2. The minimum atomic E-state index is -0.196. The van der Waals surface area contributed by atoms with E-state index in [1.165, 1.54) is 22.3 Å². The number of benzene rings is 2. The zero-order chi connectivity index (χ0) is 17.6. The van der Waals surface area contributed by atoms with Gasteiger partial charge in [-0.25, -0.2) is 9.98 Å². The van der Waals surface area contributed by atoms with Crippen molar-refractivity contribution < 1.29 is 43.4 Å². The van der Waals surface area contributed by atoms with Gasteiger partial charge in [0.1, 0.15) is 29.7 Å². The van der Waals surface area contributed by atoms with E-state index in [1.54, 1.807) is 0 Å². The molecule has 3 aliphatic carbocycles. The number of hydrogen-bond acceptors (Lipinski definition) is 4. The molecular formula is C23H20Br2MgN2O2. The van der Waals surface area contributed by atoms with Gasteiger partial charge in [-0.15, -0.1) is 0 Å². The molecule has 1 fully saturated rings. The van der Waals surface area contributed by atoms with Gasteiger partial charge in [0.15, 0.2) is 11.8 Å². The third kappa shape index (κ3) is 3.03. The summed E-state index contributed by atoms with van der Waals surface area (Å²) in [5, 5.41) is 0. The normalized spacial score (nSPS) is 29.9. The Balaban J connectivity index is 0.000000726. The molecule has 2 aliphatic heterocycles. The van der Waals surface area contributed by atoms with Gasteiger partial charge in [0, 0.05) is 12.8 Å². The number of hydrogen-bond donors (Lipinski definition) is 0. The first kappa shape index (κ1) is 22.3. The monoisotopic (exact) mass is 538 g/mol. The van der Waals surface area contributed by atoms with E-state index >= 15 is 0 Å². The Hall–Kier alpha value is -0.894. The van der Waals surface area contributed by atoms with Crippen LogP contribution in [-0.2, 0) is 22.3 Å². The van der Waals surface area contributed by atoms with Gasteiger partial charge in [-0.05, 0) is 35.1 Å². The molecule has 2 aromatic rings. The number of nitrogens with zero attached hydrogens (tertiary/aromatic N) is 2. The van der Waals surface area contributed by atoms with Gasteiger partial charge in [0.05, 0.1) is 0 Å². The summed E-state index contributed by atoms with van der Waals surface area (Å²) < 4.78 is 12.8. The second-order valence-electron chi connectivity index (χ2n) is 8.46. The van der Waals surface area contributed by atoms with Crippen molar-refractivity contribution in [2.75, 3.05) is 0 Å². The molecule has 0 aromatic heterocycles. The maximum absolute atomic E-state index is 6.39. The molecule has 30 heavy (non-hydrogen) atoms. The van der Waals surface area contributed by atoms with Gasteiger partial charge in [0.25, 0.3) is 0 Å². The standard InChI is InChI=1S/C23H20N2O2.2BrH.Mg/c1-3-7-15-13(5-1)11-17-19(15)24-21(26-17)23(9-10-23)22-25-20-16-8-4-2-6-14(16)12-18(20)27-22;;;/h1-8,17-20H,9-12H2;2*1H;/q;;;+2/p-2/t17-,18-,19+,20+;;;/m1.../s1. The summed E-state index contributed by atoms with van der Waals surface area (Å²) in [6, 6.07) is 17.5. The minimum absolute atomic E-state index is 0. The number of halogens is 2. The summed E-state index contributed by atoms with van der Waals surface area (Å²) in [5.41, 5.74) is 5.21. The van der Waals surface area contributed by atoms with E-state index in [2.05, 4.69) is 48.5 Å². The Kier molecular flexibility index (Phi) is 5.88. The topological polar surface area (TPSA) is 43.2 Å². The third-order valence-corrected chi connectivity index (χ3v) is 6.90. The van der Waals surface area contributed by atoms with E-state index in [1.807, 2.05) is 0 Å². The first-order valence-corrected chi connectivity index (χ1v) is 9.97. The van der Waals surface area contributed by atoms with Crippen LogP contribution in [0.3, 0.4) is 0 Å². The Labute approximate surface area is 213 Å². The molecule has 0 spiro atoms. The van der Waals surface area contributed by atoms with E-state index in [9.17, 15) is 0 Å². The van der Waals surface area contributed by atoms with Gasteiger partial charge < -0.3 is 43.4 Å². The summed E-state index contributed by atoms with van der Waals surface area (Å²) in [6.07, 6.45) is 4.28. The SMILES string of the molecule is [Br-].[Br-].[Mg+2].c1ccc2c(c1)C[C@H]1OC(C3(C4=N[C@H]5c6ccccc6C[C@H]5O4)CC3)=N[C@@H]21. The average molecular weight is 541 g/mol. The van der Waals surface area contributed by atoms with Gasteiger partial charge >= 0.3 is 23.1 Å². The third-order valence-electron chi connectivity index (χ3n) is 6.90. The second-order valence-corrected chi connectivity index (χ2v) is 8.46. The van der Waals surface area contributed by atoms with E-state index < -0.39 is 0 Å². The van der Waals surface area contributed by atoms with Gasteiger partial charge in [-0.1, -0.05) is 48.5 Å². The zero-order valence-electron chi connectivity index (χ0n) is 16.4. The Morgan fingerprint density at radius 2 is 1.13 bits per heavy atom. The molecule has 150 valence electrons. The maximum atomic E-state index is 6.39.